The zero-order chi connectivity index (χ0) is 11.7. The minimum Gasteiger partial charge on any atom is -0.326 e. The van der Waals surface area contributed by atoms with Gasteiger partial charge in [-0.3, -0.25) is 10.1 Å². The van der Waals surface area contributed by atoms with Gasteiger partial charge >= 0.3 is 0 Å². The average Bonchev–Trinajstić information content (AvgIpc) is 2.48. The molecule has 0 radical (unpaired) electrons. The molecule has 3 heteroatoms. The second-order valence-corrected chi connectivity index (χ2v) is 5.68. The number of carbonyl (C=O) groups is 1. The molecule has 1 N–H and O–H groups in total. The van der Waals surface area contributed by atoms with Gasteiger partial charge in [0.15, 0.2) is 0 Å². The molecule has 92 valence electrons. The van der Waals surface area contributed by atoms with Crippen LogP contribution in [-0.4, -0.2) is 29.6 Å². The fourth-order valence-corrected chi connectivity index (χ4v) is 3.00. The maximum atomic E-state index is 11.9. The lowest BCUT2D eigenvalue weighted by atomic mass is 9.83. The zero-order valence-corrected chi connectivity index (χ0v) is 10.7. The van der Waals surface area contributed by atoms with Crippen LogP contribution in [-0.2, 0) is 4.79 Å². The molecule has 0 bridgehead atoms. The summed E-state index contributed by atoms with van der Waals surface area (Å²) in [5, 5.41) is 3.29. The largest absolute Gasteiger partial charge is 0.326 e. The first kappa shape index (κ1) is 11.9. The second-order valence-electron chi connectivity index (χ2n) is 5.68. The Hall–Kier alpha value is -0.570. The third-order valence-electron chi connectivity index (χ3n) is 4.20. The second kappa shape index (κ2) is 4.74. The van der Waals surface area contributed by atoms with Crippen LogP contribution in [0.1, 0.15) is 46.5 Å². The summed E-state index contributed by atoms with van der Waals surface area (Å²) >= 11 is 0. The van der Waals surface area contributed by atoms with Crippen molar-refractivity contribution in [1.29, 1.82) is 0 Å². The van der Waals surface area contributed by atoms with Crippen LogP contribution in [0.4, 0.5) is 0 Å². The summed E-state index contributed by atoms with van der Waals surface area (Å²) in [6.45, 7) is 7.35. The highest BCUT2D eigenvalue weighted by atomic mass is 16.2. The zero-order valence-electron chi connectivity index (χ0n) is 10.7. The standard InChI is InChI=1S/C13H24N2O/c1-9-4-6-12(7-5-9)8-15-11(3)14-10(2)13(15)16/h9-12,14H,4-8H2,1-3H3. The van der Waals surface area contributed by atoms with Crippen LogP contribution in [0.2, 0.25) is 0 Å². The molecular formula is C13H24N2O. The van der Waals surface area contributed by atoms with E-state index in [2.05, 4.69) is 19.2 Å². The number of nitrogens with zero attached hydrogens (tertiary/aromatic N) is 1. The molecule has 1 aliphatic carbocycles. The topological polar surface area (TPSA) is 32.3 Å². The Morgan fingerprint density at radius 1 is 1.19 bits per heavy atom. The van der Waals surface area contributed by atoms with Crippen LogP contribution in [0.25, 0.3) is 0 Å². The van der Waals surface area contributed by atoms with Gasteiger partial charge in [0.2, 0.25) is 5.91 Å². The molecule has 1 amide bonds. The molecule has 1 saturated heterocycles. The van der Waals surface area contributed by atoms with Crippen LogP contribution in [0.5, 0.6) is 0 Å². The summed E-state index contributed by atoms with van der Waals surface area (Å²) in [6.07, 6.45) is 5.49. The van der Waals surface area contributed by atoms with Gasteiger partial charge in [0.1, 0.15) is 0 Å². The molecule has 2 rings (SSSR count). The van der Waals surface area contributed by atoms with E-state index in [9.17, 15) is 4.79 Å². The average molecular weight is 224 g/mol. The molecular weight excluding hydrogens is 200 g/mol. The highest BCUT2D eigenvalue weighted by Crippen LogP contribution is 2.29. The van der Waals surface area contributed by atoms with Gasteiger partial charge in [-0.05, 0) is 38.5 Å². The van der Waals surface area contributed by atoms with Crippen LogP contribution in [0.3, 0.4) is 0 Å². The summed E-state index contributed by atoms with van der Waals surface area (Å²) in [6, 6.07) is 0.0116. The Labute approximate surface area is 98.6 Å². The normalized spacial score (nSPS) is 40.4. The first-order chi connectivity index (χ1) is 7.58. The third-order valence-corrected chi connectivity index (χ3v) is 4.20. The molecule has 2 atom stereocenters. The lowest BCUT2D eigenvalue weighted by molar-refractivity contribution is -0.130. The first-order valence-corrected chi connectivity index (χ1v) is 6.64. The van der Waals surface area contributed by atoms with E-state index in [0.717, 1.165) is 18.4 Å². The highest BCUT2D eigenvalue weighted by Gasteiger charge is 2.34. The molecule has 16 heavy (non-hydrogen) atoms. The van der Waals surface area contributed by atoms with Crippen molar-refractivity contribution in [3.05, 3.63) is 0 Å². The lowest BCUT2D eigenvalue weighted by Crippen LogP contribution is -2.39. The maximum Gasteiger partial charge on any atom is 0.240 e. The fraction of sp³-hybridized carbons (Fsp3) is 0.923. The van der Waals surface area contributed by atoms with Crippen molar-refractivity contribution >= 4 is 5.91 Å². The van der Waals surface area contributed by atoms with Crippen LogP contribution < -0.4 is 5.32 Å². The van der Waals surface area contributed by atoms with E-state index in [1.807, 2.05) is 11.8 Å². The SMILES string of the molecule is CC1CCC(CN2C(=O)C(C)NC2C)CC1. The number of rotatable bonds is 2. The highest BCUT2D eigenvalue weighted by molar-refractivity contribution is 5.83. The molecule has 1 aliphatic heterocycles. The summed E-state index contributed by atoms with van der Waals surface area (Å²) in [4.78, 5) is 14.0. The van der Waals surface area contributed by atoms with E-state index < -0.39 is 0 Å². The molecule has 2 unspecified atom stereocenters. The summed E-state index contributed by atoms with van der Waals surface area (Å²) in [7, 11) is 0. The molecule has 1 heterocycles. The molecule has 0 spiro atoms. The number of hydrogen-bond donors (Lipinski definition) is 1. The van der Waals surface area contributed by atoms with Gasteiger partial charge in [-0.25, -0.2) is 0 Å². The van der Waals surface area contributed by atoms with E-state index in [-0.39, 0.29) is 18.1 Å². The Kier molecular flexibility index (Phi) is 3.53. The number of nitrogens with one attached hydrogen (secondary N) is 1. The fourth-order valence-electron chi connectivity index (χ4n) is 3.00. The van der Waals surface area contributed by atoms with Crippen molar-refractivity contribution in [2.24, 2.45) is 11.8 Å². The van der Waals surface area contributed by atoms with Gasteiger partial charge in [-0.1, -0.05) is 19.8 Å². The molecule has 0 aromatic rings. The Bertz CT molecular complexity index is 259. The Balaban J connectivity index is 1.87. The molecule has 0 aromatic heterocycles. The van der Waals surface area contributed by atoms with Crippen molar-refractivity contribution in [2.75, 3.05) is 6.54 Å². The van der Waals surface area contributed by atoms with Crippen molar-refractivity contribution in [1.82, 2.24) is 10.2 Å². The smallest absolute Gasteiger partial charge is 0.240 e. The Morgan fingerprint density at radius 3 is 2.31 bits per heavy atom. The van der Waals surface area contributed by atoms with Gasteiger partial charge in [0, 0.05) is 6.54 Å². The van der Waals surface area contributed by atoms with Crippen molar-refractivity contribution < 1.29 is 4.79 Å². The minimum atomic E-state index is 0.0116. The molecule has 0 aromatic carbocycles. The van der Waals surface area contributed by atoms with Crippen LogP contribution in [0, 0.1) is 11.8 Å². The number of hydrogen-bond acceptors (Lipinski definition) is 2. The molecule has 1 saturated carbocycles. The number of carbonyl (C=O) groups excluding carboxylic acids is 1. The lowest BCUT2D eigenvalue weighted by Gasteiger charge is -2.31. The molecule has 2 aliphatic rings. The van der Waals surface area contributed by atoms with Gasteiger partial charge < -0.3 is 4.90 Å². The monoisotopic (exact) mass is 224 g/mol. The first-order valence-electron chi connectivity index (χ1n) is 6.64. The van der Waals surface area contributed by atoms with Gasteiger partial charge in [0.05, 0.1) is 12.2 Å². The molecule has 3 nitrogen and oxygen atoms in total. The molecule has 2 fully saturated rings. The predicted octanol–water partition coefficient (Wildman–Crippen LogP) is 1.98. The van der Waals surface area contributed by atoms with E-state index in [0.29, 0.717) is 0 Å². The van der Waals surface area contributed by atoms with Gasteiger partial charge in [-0.15, -0.1) is 0 Å². The quantitative estimate of drug-likeness (QED) is 0.778. The number of amides is 1. The van der Waals surface area contributed by atoms with Crippen molar-refractivity contribution in [3.63, 3.8) is 0 Å². The predicted molar refractivity (Wildman–Crippen MR) is 64.9 cm³/mol. The Morgan fingerprint density at radius 2 is 1.81 bits per heavy atom. The maximum absolute atomic E-state index is 11.9. The van der Waals surface area contributed by atoms with Crippen LogP contribution in [0.15, 0.2) is 0 Å². The minimum absolute atomic E-state index is 0.0116. The summed E-state index contributed by atoms with van der Waals surface area (Å²) in [5.74, 6) is 1.90. The van der Waals surface area contributed by atoms with Crippen molar-refractivity contribution in [2.45, 2.75) is 58.7 Å². The summed E-state index contributed by atoms with van der Waals surface area (Å²) in [5.41, 5.74) is 0. The van der Waals surface area contributed by atoms with E-state index in [1.165, 1.54) is 25.7 Å². The van der Waals surface area contributed by atoms with E-state index in [1.54, 1.807) is 0 Å². The van der Waals surface area contributed by atoms with E-state index in [4.69, 9.17) is 0 Å². The van der Waals surface area contributed by atoms with E-state index >= 15 is 0 Å². The van der Waals surface area contributed by atoms with Crippen molar-refractivity contribution in [3.8, 4) is 0 Å². The van der Waals surface area contributed by atoms with Crippen LogP contribution >= 0.6 is 0 Å². The van der Waals surface area contributed by atoms with Gasteiger partial charge in [-0.2, -0.15) is 0 Å². The van der Waals surface area contributed by atoms with Gasteiger partial charge in [0.25, 0.3) is 0 Å². The summed E-state index contributed by atoms with van der Waals surface area (Å²) < 4.78 is 0. The third kappa shape index (κ3) is 2.40.